The maximum Gasteiger partial charge on any atom is 0.305 e. The molecule has 0 radical (unpaired) electrons. The largest absolute Gasteiger partial charge is 0.466 e. The topological polar surface area (TPSA) is 95.9 Å². The molecule has 0 spiro atoms. The number of hydrogen-bond donors (Lipinski definition) is 3. The minimum absolute atomic E-state index is 0.000143. The lowest BCUT2D eigenvalue weighted by Crippen LogP contribution is -2.45. The molecule has 0 aromatic heterocycles. The van der Waals surface area contributed by atoms with Crippen LogP contribution in [0.2, 0.25) is 0 Å². The maximum atomic E-state index is 12.4. The van der Waals surface area contributed by atoms with Crippen molar-refractivity contribution < 1.29 is 24.5 Å². The van der Waals surface area contributed by atoms with Crippen LogP contribution in [0.4, 0.5) is 0 Å². The number of unbranched alkanes of at least 4 members (excludes halogenated alkanes) is 37. The van der Waals surface area contributed by atoms with E-state index in [0.29, 0.717) is 19.4 Å². The van der Waals surface area contributed by atoms with E-state index in [4.69, 9.17) is 4.74 Å². The predicted molar refractivity (Wildman–Crippen MR) is 292 cm³/mol. The first-order valence-electron chi connectivity index (χ1n) is 29.4. The fraction of sp³-hybridized carbons (Fsp3) is 0.836. The Hall–Kier alpha value is -2.18. The van der Waals surface area contributed by atoms with Crippen LogP contribution in [0.15, 0.2) is 48.6 Å². The summed E-state index contributed by atoms with van der Waals surface area (Å²) in [5.74, 6) is -0.0714. The van der Waals surface area contributed by atoms with E-state index in [1.54, 1.807) is 6.08 Å². The molecule has 392 valence electrons. The smallest absolute Gasteiger partial charge is 0.305 e. The number of esters is 1. The van der Waals surface area contributed by atoms with Crippen molar-refractivity contribution in [3.05, 3.63) is 48.6 Å². The first-order chi connectivity index (χ1) is 33.0. The Kier molecular flexibility index (Phi) is 54.6. The maximum absolute atomic E-state index is 12.4. The average Bonchev–Trinajstić information content (AvgIpc) is 3.33. The SMILES string of the molecule is CCCC/C=C\CCCCCCCC(=O)OCCCCCCCCCCC/C=C\C/C=C\CCCCCCCCCCCCCCCC(=O)NC(CO)C(O)/C=C/CCCCCCCCCC. The van der Waals surface area contributed by atoms with Crippen molar-refractivity contribution in [1.29, 1.82) is 0 Å². The summed E-state index contributed by atoms with van der Waals surface area (Å²) in [6, 6.07) is -0.627. The van der Waals surface area contributed by atoms with Crippen LogP contribution in [-0.4, -0.2) is 47.4 Å². The summed E-state index contributed by atoms with van der Waals surface area (Å²) < 4.78 is 5.45. The van der Waals surface area contributed by atoms with Gasteiger partial charge < -0.3 is 20.3 Å². The number of aliphatic hydroxyl groups is 2. The number of amides is 1. The van der Waals surface area contributed by atoms with Crippen LogP contribution in [0.5, 0.6) is 0 Å². The molecule has 0 aliphatic heterocycles. The third-order valence-corrected chi connectivity index (χ3v) is 13.3. The zero-order valence-corrected chi connectivity index (χ0v) is 44.6. The summed E-state index contributed by atoms with van der Waals surface area (Å²) in [4.78, 5) is 24.4. The normalized spacial score (nSPS) is 13.0. The molecule has 0 fully saturated rings. The molecule has 2 unspecified atom stereocenters. The molecule has 3 N–H and O–H groups in total. The highest BCUT2D eigenvalue weighted by Gasteiger charge is 2.18. The van der Waals surface area contributed by atoms with Crippen LogP contribution in [0, 0.1) is 0 Å². The van der Waals surface area contributed by atoms with E-state index in [2.05, 4.69) is 55.6 Å². The molecule has 0 aromatic carbocycles. The predicted octanol–water partition coefficient (Wildman–Crippen LogP) is 18.2. The summed E-state index contributed by atoms with van der Waals surface area (Å²) in [6.45, 7) is 4.84. The molecule has 0 aromatic rings. The number of aliphatic hydroxyl groups excluding tert-OH is 2. The van der Waals surface area contributed by atoms with Crippen LogP contribution in [0.25, 0.3) is 0 Å². The van der Waals surface area contributed by atoms with Crippen molar-refractivity contribution >= 4 is 11.9 Å². The first-order valence-corrected chi connectivity index (χ1v) is 29.4. The number of nitrogens with one attached hydrogen (secondary N) is 1. The van der Waals surface area contributed by atoms with Crippen LogP contribution in [0.3, 0.4) is 0 Å². The van der Waals surface area contributed by atoms with E-state index in [1.807, 2.05) is 6.08 Å². The summed E-state index contributed by atoms with van der Waals surface area (Å²) in [7, 11) is 0. The highest BCUT2D eigenvalue weighted by Crippen LogP contribution is 2.16. The fourth-order valence-corrected chi connectivity index (χ4v) is 8.76. The van der Waals surface area contributed by atoms with Gasteiger partial charge in [0.2, 0.25) is 5.91 Å². The van der Waals surface area contributed by atoms with Crippen LogP contribution < -0.4 is 5.32 Å². The molecule has 67 heavy (non-hydrogen) atoms. The molecule has 0 bridgehead atoms. The second kappa shape index (κ2) is 56.4. The summed E-state index contributed by atoms with van der Waals surface area (Å²) in [6.07, 6.45) is 71.6. The second-order valence-corrected chi connectivity index (χ2v) is 20.0. The van der Waals surface area contributed by atoms with Crippen molar-refractivity contribution in [3.8, 4) is 0 Å². The monoisotopic (exact) mass is 940 g/mol. The van der Waals surface area contributed by atoms with Gasteiger partial charge in [-0.3, -0.25) is 9.59 Å². The van der Waals surface area contributed by atoms with Gasteiger partial charge in [0.1, 0.15) is 0 Å². The van der Waals surface area contributed by atoms with Crippen LogP contribution in [-0.2, 0) is 14.3 Å². The minimum atomic E-state index is -0.843. The molecule has 0 aliphatic carbocycles. The van der Waals surface area contributed by atoms with Crippen molar-refractivity contribution in [1.82, 2.24) is 5.32 Å². The molecule has 2 atom stereocenters. The standard InChI is InChI=1S/C61H113NO5/c1-3-5-7-9-11-13-34-39-43-47-51-55-61(66)67-56-52-48-44-40-36-33-31-29-27-25-23-21-19-17-15-16-18-20-22-24-26-28-30-32-35-38-42-46-50-54-60(65)62-58(57-63)59(64)53-49-45-41-37-14-12-10-8-6-4-2/h9,11,15,17,21,23,49,53,58-59,63-64H,3-8,10,12-14,16,18-20,22,24-48,50-52,54-57H2,1-2H3,(H,62,65)/b11-9-,17-15-,23-21-,53-49+. The molecule has 0 aliphatic rings. The van der Waals surface area contributed by atoms with E-state index in [0.717, 1.165) is 51.4 Å². The lowest BCUT2D eigenvalue weighted by atomic mass is 10.0. The Morgan fingerprint density at radius 2 is 0.761 bits per heavy atom. The zero-order chi connectivity index (χ0) is 48.6. The Labute approximate surface area is 416 Å². The molecule has 0 saturated carbocycles. The van der Waals surface area contributed by atoms with E-state index in [9.17, 15) is 19.8 Å². The number of carbonyl (C=O) groups is 2. The summed E-state index contributed by atoms with van der Waals surface area (Å²) >= 11 is 0. The van der Waals surface area contributed by atoms with Gasteiger partial charge in [0.05, 0.1) is 25.4 Å². The fourth-order valence-electron chi connectivity index (χ4n) is 8.76. The molecule has 6 heteroatoms. The number of allylic oxidation sites excluding steroid dienone is 7. The third-order valence-electron chi connectivity index (χ3n) is 13.3. The van der Waals surface area contributed by atoms with Gasteiger partial charge in [-0.2, -0.15) is 0 Å². The lowest BCUT2D eigenvalue weighted by Gasteiger charge is -2.20. The van der Waals surface area contributed by atoms with Gasteiger partial charge in [-0.25, -0.2) is 0 Å². The Balaban J connectivity index is 3.41. The van der Waals surface area contributed by atoms with Crippen LogP contribution in [0.1, 0.15) is 303 Å². The van der Waals surface area contributed by atoms with Crippen molar-refractivity contribution in [2.24, 2.45) is 0 Å². The van der Waals surface area contributed by atoms with Gasteiger partial charge in [-0.05, 0) is 83.5 Å². The van der Waals surface area contributed by atoms with Gasteiger partial charge in [-0.1, -0.05) is 255 Å². The quantitative estimate of drug-likeness (QED) is 0.0321. The van der Waals surface area contributed by atoms with E-state index < -0.39 is 12.1 Å². The molecule has 6 nitrogen and oxygen atoms in total. The number of hydrogen-bond acceptors (Lipinski definition) is 5. The van der Waals surface area contributed by atoms with Gasteiger partial charge in [-0.15, -0.1) is 0 Å². The van der Waals surface area contributed by atoms with Gasteiger partial charge >= 0.3 is 5.97 Å². The third kappa shape index (κ3) is 53.0. The molecule has 0 heterocycles. The molecular weight excluding hydrogens is 827 g/mol. The van der Waals surface area contributed by atoms with Gasteiger partial charge in [0.25, 0.3) is 0 Å². The van der Waals surface area contributed by atoms with E-state index in [-0.39, 0.29) is 18.5 Å². The average molecular weight is 941 g/mol. The zero-order valence-electron chi connectivity index (χ0n) is 44.6. The van der Waals surface area contributed by atoms with Crippen molar-refractivity contribution in [3.63, 3.8) is 0 Å². The number of carbonyl (C=O) groups excluding carboxylic acids is 2. The number of rotatable bonds is 54. The Bertz CT molecular complexity index is 1130. The molecule has 0 saturated heterocycles. The van der Waals surface area contributed by atoms with Gasteiger partial charge in [0.15, 0.2) is 0 Å². The molecular formula is C61H113NO5. The van der Waals surface area contributed by atoms with E-state index in [1.165, 1.54) is 225 Å². The Morgan fingerprint density at radius 1 is 0.418 bits per heavy atom. The van der Waals surface area contributed by atoms with Crippen molar-refractivity contribution in [2.75, 3.05) is 13.2 Å². The van der Waals surface area contributed by atoms with E-state index >= 15 is 0 Å². The Morgan fingerprint density at radius 3 is 1.19 bits per heavy atom. The highest BCUT2D eigenvalue weighted by atomic mass is 16.5. The number of ether oxygens (including phenoxy) is 1. The van der Waals surface area contributed by atoms with Crippen LogP contribution >= 0.6 is 0 Å². The lowest BCUT2D eigenvalue weighted by molar-refractivity contribution is -0.143. The summed E-state index contributed by atoms with van der Waals surface area (Å²) in [5, 5.41) is 23.0. The summed E-state index contributed by atoms with van der Waals surface area (Å²) in [5.41, 5.74) is 0. The van der Waals surface area contributed by atoms with Crippen molar-refractivity contribution in [2.45, 2.75) is 315 Å². The highest BCUT2D eigenvalue weighted by molar-refractivity contribution is 5.76. The minimum Gasteiger partial charge on any atom is -0.466 e. The second-order valence-electron chi connectivity index (χ2n) is 20.0. The first kappa shape index (κ1) is 64.8. The van der Waals surface area contributed by atoms with Gasteiger partial charge in [0, 0.05) is 12.8 Å². The molecule has 1 amide bonds. The molecule has 0 rings (SSSR count).